The van der Waals surface area contributed by atoms with Gasteiger partial charge in [-0.2, -0.15) is 5.26 Å². The molecule has 1 aromatic heterocycles. The van der Waals surface area contributed by atoms with E-state index in [1.807, 2.05) is 25.1 Å². The molecule has 0 saturated heterocycles. The predicted octanol–water partition coefficient (Wildman–Crippen LogP) is 1.81. The van der Waals surface area contributed by atoms with Gasteiger partial charge in [-0.05, 0) is 38.5 Å². The number of carbonyl (C=O) groups excluding carboxylic acids is 1. The first-order chi connectivity index (χ1) is 7.47. The molecule has 1 atom stereocenters. The van der Waals surface area contributed by atoms with E-state index in [-0.39, 0.29) is 11.9 Å². The van der Waals surface area contributed by atoms with Crippen LogP contribution in [0.4, 0.5) is 0 Å². The molecule has 0 aliphatic rings. The van der Waals surface area contributed by atoms with Crippen molar-refractivity contribution in [2.75, 3.05) is 0 Å². The zero-order chi connectivity index (χ0) is 12.2. The van der Waals surface area contributed by atoms with Gasteiger partial charge < -0.3 is 5.32 Å². The SMILES string of the molecule is CC(NC(=O)C(C)(C)C#N)c1ccncc1. The van der Waals surface area contributed by atoms with E-state index in [1.165, 1.54) is 0 Å². The van der Waals surface area contributed by atoms with Crippen LogP contribution in [0, 0.1) is 16.7 Å². The second kappa shape index (κ2) is 4.75. The number of pyridine rings is 1. The molecule has 0 aliphatic carbocycles. The van der Waals surface area contributed by atoms with Crippen LogP contribution >= 0.6 is 0 Å². The lowest BCUT2D eigenvalue weighted by atomic mass is 9.94. The number of hydrogen-bond donors (Lipinski definition) is 1. The van der Waals surface area contributed by atoms with Gasteiger partial charge >= 0.3 is 0 Å². The van der Waals surface area contributed by atoms with Crippen molar-refractivity contribution >= 4 is 5.91 Å². The van der Waals surface area contributed by atoms with E-state index in [2.05, 4.69) is 10.3 Å². The van der Waals surface area contributed by atoms with Crippen LogP contribution in [0.15, 0.2) is 24.5 Å². The normalized spacial score (nSPS) is 12.6. The molecule has 0 fully saturated rings. The zero-order valence-corrected chi connectivity index (χ0v) is 9.69. The lowest BCUT2D eigenvalue weighted by Gasteiger charge is -2.20. The van der Waals surface area contributed by atoms with E-state index in [0.29, 0.717) is 0 Å². The Bertz CT molecular complexity index is 406. The largest absolute Gasteiger partial charge is 0.348 e. The topological polar surface area (TPSA) is 65.8 Å². The first-order valence-corrected chi connectivity index (χ1v) is 5.09. The van der Waals surface area contributed by atoms with Gasteiger partial charge in [-0.25, -0.2) is 0 Å². The van der Waals surface area contributed by atoms with E-state index < -0.39 is 5.41 Å². The number of rotatable bonds is 3. The molecule has 1 unspecified atom stereocenters. The summed E-state index contributed by atoms with van der Waals surface area (Å²) in [6.07, 6.45) is 3.35. The fourth-order valence-corrected chi connectivity index (χ4v) is 1.16. The molecule has 1 heterocycles. The quantitative estimate of drug-likeness (QED) is 0.839. The molecule has 16 heavy (non-hydrogen) atoms. The van der Waals surface area contributed by atoms with Gasteiger partial charge in [0.1, 0.15) is 5.41 Å². The Labute approximate surface area is 95.3 Å². The van der Waals surface area contributed by atoms with Crippen molar-refractivity contribution in [1.82, 2.24) is 10.3 Å². The standard InChI is InChI=1S/C12H15N3O/c1-9(10-4-6-14-7-5-10)15-11(16)12(2,3)8-13/h4-7,9H,1-3H3,(H,15,16). The number of aromatic nitrogens is 1. The van der Waals surface area contributed by atoms with E-state index in [9.17, 15) is 4.79 Å². The second-order valence-electron chi connectivity index (χ2n) is 4.21. The van der Waals surface area contributed by atoms with E-state index in [0.717, 1.165) is 5.56 Å². The van der Waals surface area contributed by atoms with Gasteiger partial charge in [-0.15, -0.1) is 0 Å². The molecule has 1 amide bonds. The summed E-state index contributed by atoms with van der Waals surface area (Å²) < 4.78 is 0. The molecule has 1 rings (SSSR count). The molecule has 0 saturated carbocycles. The first kappa shape index (κ1) is 12.2. The highest BCUT2D eigenvalue weighted by Crippen LogP contribution is 2.17. The third-order valence-corrected chi connectivity index (χ3v) is 2.40. The average molecular weight is 217 g/mol. The van der Waals surface area contributed by atoms with Crippen molar-refractivity contribution in [3.8, 4) is 6.07 Å². The van der Waals surface area contributed by atoms with Crippen LogP contribution in [0.3, 0.4) is 0 Å². The number of carbonyl (C=O) groups is 1. The highest BCUT2D eigenvalue weighted by atomic mass is 16.2. The number of hydrogen-bond acceptors (Lipinski definition) is 3. The van der Waals surface area contributed by atoms with Crippen molar-refractivity contribution in [3.05, 3.63) is 30.1 Å². The summed E-state index contributed by atoms with van der Waals surface area (Å²) >= 11 is 0. The Balaban J connectivity index is 2.70. The lowest BCUT2D eigenvalue weighted by Crippen LogP contribution is -2.37. The average Bonchev–Trinajstić information content (AvgIpc) is 2.30. The fraction of sp³-hybridized carbons (Fsp3) is 0.417. The molecule has 0 radical (unpaired) electrons. The minimum Gasteiger partial charge on any atom is -0.348 e. The summed E-state index contributed by atoms with van der Waals surface area (Å²) in [7, 11) is 0. The summed E-state index contributed by atoms with van der Waals surface area (Å²) in [5.74, 6) is -0.265. The van der Waals surface area contributed by atoms with Gasteiger partial charge in [0.25, 0.3) is 0 Å². The van der Waals surface area contributed by atoms with Crippen LogP contribution in [0.1, 0.15) is 32.4 Å². The van der Waals surface area contributed by atoms with E-state index in [4.69, 9.17) is 5.26 Å². The Hall–Kier alpha value is -1.89. The maximum atomic E-state index is 11.7. The van der Waals surface area contributed by atoms with Crippen molar-refractivity contribution in [3.63, 3.8) is 0 Å². The third-order valence-electron chi connectivity index (χ3n) is 2.40. The van der Waals surface area contributed by atoms with Gasteiger partial charge in [0.2, 0.25) is 5.91 Å². The molecule has 0 aliphatic heterocycles. The number of nitriles is 1. The molecule has 4 nitrogen and oxygen atoms in total. The molecule has 84 valence electrons. The van der Waals surface area contributed by atoms with Crippen molar-refractivity contribution in [2.45, 2.75) is 26.8 Å². The third kappa shape index (κ3) is 2.80. The number of nitrogens with zero attached hydrogens (tertiary/aromatic N) is 2. The van der Waals surface area contributed by atoms with Crippen LogP contribution in [0.25, 0.3) is 0 Å². The summed E-state index contributed by atoms with van der Waals surface area (Å²) in [4.78, 5) is 15.6. The number of nitrogens with one attached hydrogen (secondary N) is 1. The maximum Gasteiger partial charge on any atom is 0.240 e. The van der Waals surface area contributed by atoms with Crippen LogP contribution < -0.4 is 5.32 Å². The molecule has 0 spiro atoms. The minimum absolute atomic E-state index is 0.122. The van der Waals surface area contributed by atoms with Gasteiger partial charge in [0.15, 0.2) is 0 Å². The molecular weight excluding hydrogens is 202 g/mol. The summed E-state index contributed by atoms with van der Waals surface area (Å²) in [5.41, 5.74) is -0.0292. The molecule has 1 aromatic rings. The summed E-state index contributed by atoms with van der Waals surface area (Å²) in [5, 5.41) is 11.6. The molecule has 1 N–H and O–H groups in total. The van der Waals surface area contributed by atoms with Crippen LogP contribution in [-0.4, -0.2) is 10.9 Å². The monoisotopic (exact) mass is 217 g/mol. The van der Waals surface area contributed by atoms with Gasteiger partial charge in [-0.3, -0.25) is 9.78 Å². The van der Waals surface area contributed by atoms with Crippen LogP contribution in [0.2, 0.25) is 0 Å². The lowest BCUT2D eigenvalue weighted by molar-refractivity contribution is -0.127. The first-order valence-electron chi connectivity index (χ1n) is 5.09. The molecule has 0 aromatic carbocycles. The van der Waals surface area contributed by atoms with Gasteiger partial charge in [-0.1, -0.05) is 0 Å². The number of amides is 1. The smallest absolute Gasteiger partial charge is 0.240 e. The highest BCUT2D eigenvalue weighted by molar-refractivity contribution is 5.84. The Morgan fingerprint density at radius 1 is 1.50 bits per heavy atom. The van der Waals surface area contributed by atoms with Crippen molar-refractivity contribution in [2.24, 2.45) is 5.41 Å². The Kier molecular flexibility index (Phi) is 3.62. The van der Waals surface area contributed by atoms with Gasteiger partial charge in [0, 0.05) is 12.4 Å². The molecule has 4 heteroatoms. The van der Waals surface area contributed by atoms with E-state index in [1.54, 1.807) is 26.2 Å². The van der Waals surface area contributed by atoms with Crippen LogP contribution in [0.5, 0.6) is 0 Å². The summed E-state index contributed by atoms with van der Waals surface area (Å²) in [6, 6.07) is 5.53. The minimum atomic E-state index is -0.999. The molecule has 0 bridgehead atoms. The zero-order valence-electron chi connectivity index (χ0n) is 9.69. The van der Waals surface area contributed by atoms with Crippen molar-refractivity contribution < 1.29 is 4.79 Å². The predicted molar refractivity (Wildman–Crippen MR) is 60.2 cm³/mol. The van der Waals surface area contributed by atoms with Crippen molar-refractivity contribution in [1.29, 1.82) is 5.26 Å². The Morgan fingerprint density at radius 2 is 2.06 bits per heavy atom. The fourth-order valence-electron chi connectivity index (χ4n) is 1.16. The van der Waals surface area contributed by atoms with Gasteiger partial charge in [0.05, 0.1) is 12.1 Å². The highest BCUT2D eigenvalue weighted by Gasteiger charge is 2.28. The maximum absolute atomic E-state index is 11.7. The Morgan fingerprint density at radius 3 is 2.56 bits per heavy atom. The summed E-state index contributed by atoms with van der Waals surface area (Å²) in [6.45, 7) is 5.07. The van der Waals surface area contributed by atoms with Crippen LogP contribution in [-0.2, 0) is 4.79 Å². The second-order valence-corrected chi connectivity index (χ2v) is 4.21. The molecular formula is C12H15N3O. The van der Waals surface area contributed by atoms with E-state index >= 15 is 0 Å².